The summed E-state index contributed by atoms with van der Waals surface area (Å²) >= 11 is 0. The molecule has 8 heteroatoms. The van der Waals surface area contributed by atoms with Crippen LogP contribution in [0.25, 0.3) is 0 Å². The van der Waals surface area contributed by atoms with Gasteiger partial charge in [0.2, 0.25) is 0 Å². The summed E-state index contributed by atoms with van der Waals surface area (Å²) in [6.07, 6.45) is 1.62. The predicted molar refractivity (Wildman–Crippen MR) is 74.8 cm³/mol. The minimum atomic E-state index is -0.415. The van der Waals surface area contributed by atoms with Gasteiger partial charge in [0.05, 0.1) is 12.7 Å². The Morgan fingerprint density at radius 3 is 2.95 bits per heavy atom. The number of nitrogens with zero attached hydrogens (tertiary/aromatic N) is 5. The van der Waals surface area contributed by atoms with Crippen molar-refractivity contribution < 1.29 is 4.79 Å². The van der Waals surface area contributed by atoms with Crippen LogP contribution in [0.5, 0.6) is 0 Å². The van der Waals surface area contributed by atoms with Gasteiger partial charge in [-0.1, -0.05) is 12.1 Å². The van der Waals surface area contributed by atoms with Crippen LogP contribution in [0.3, 0.4) is 0 Å². The molecule has 0 saturated carbocycles. The minimum absolute atomic E-state index is 0.247. The van der Waals surface area contributed by atoms with Crippen molar-refractivity contribution in [1.29, 1.82) is 0 Å². The average molecular weight is 281 g/mol. The molecule has 0 bridgehead atoms. The lowest BCUT2D eigenvalue weighted by molar-refractivity contribution is 0.0850. The summed E-state index contributed by atoms with van der Waals surface area (Å²) in [5, 5.41) is 7.72. The van der Waals surface area contributed by atoms with Crippen molar-refractivity contribution in [1.82, 2.24) is 30.2 Å². The van der Waals surface area contributed by atoms with Crippen LogP contribution in [0.15, 0.2) is 6.20 Å². The Bertz CT molecular complexity index is 447. The Morgan fingerprint density at radius 2 is 2.30 bits per heavy atom. The molecule has 112 valence electrons. The van der Waals surface area contributed by atoms with Gasteiger partial charge in [0.25, 0.3) is 5.91 Å². The van der Waals surface area contributed by atoms with E-state index >= 15 is 0 Å². The Morgan fingerprint density at radius 1 is 1.50 bits per heavy atom. The smallest absolute Gasteiger partial charge is 0.287 e. The lowest BCUT2D eigenvalue weighted by Gasteiger charge is -2.39. The number of nitrogens with two attached hydrogens (primary N) is 1. The highest BCUT2D eigenvalue weighted by Gasteiger charge is 2.22. The molecular weight excluding hydrogens is 258 g/mol. The van der Waals surface area contributed by atoms with Gasteiger partial charge in [-0.25, -0.2) is 5.84 Å². The van der Waals surface area contributed by atoms with E-state index in [1.54, 1.807) is 10.9 Å². The fourth-order valence-corrected chi connectivity index (χ4v) is 2.57. The quantitative estimate of drug-likeness (QED) is 0.405. The SMILES string of the molecule is CCN1CCN(CCn2cc(C(=O)NN)nn2)CC1C. The number of hydrogen-bond acceptors (Lipinski definition) is 6. The molecule has 1 amide bonds. The summed E-state index contributed by atoms with van der Waals surface area (Å²) in [5.41, 5.74) is 2.29. The molecule has 1 atom stereocenters. The second kappa shape index (κ2) is 6.78. The van der Waals surface area contributed by atoms with E-state index in [9.17, 15) is 4.79 Å². The molecule has 3 N–H and O–H groups in total. The van der Waals surface area contributed by atoms with Crippen LogP contribution >= 0.6 is 0 Å². The Hall–Kier alpha value is -1.51. The van der Waals surface area contributed by atoms with Crippen molar-refractivity contribution in [2.75, 3.05) is 32.7 Å². The molecule has 1 aromatic rings. The summed E-state index contributed by atoms with van der Waals surface area (Å²) in [5.74, 6) is 4.64. The third-order valence-corrected chi connectivity index (χ3v) is 3.80. The number of amides is 1. The van der Waals surface area contributed by atoms with Gasteiger partial charge in [-0.2, -0.15) is 0 Å². The van der Waals surface area contributed by atoms with Gasteiger partial charge in [0.1, 0.15) is 0 Å². The first-order valence-corrected chi connectivity index (χ1v) is 7.01. The summed E-state index contributed by atoms with van der Waals surface area (Å²) in [6.45, 7) is 10.5. The van der Waals surface area contributed by atoms with Crippen LogP contribution < -0.4 is 11.3 Å². The molecule has 2 heterocycles. The van der Waals surface area contributed by atoms with Crippen molar-refractivity contribution in [3.8, 4) is 0 Å². The zero-order valence-corrected chi connectivity index (χ0v) is 12.1. The van der Waals surface area contributed by atoms with E-state index in [-0.39, 0.29) is 5.69 Å². The van der Waals surface area contributed by atoms with E-state index in [0.717, 1.165) is 39.3 Å². The summed E-state index contributed by atoms with van der Waals surface area (Å²) in [6, 6.07) is 0.586. The monoisotopic (exact) mass is 281 g/mol. The number of hydrazine groups is 1. The first kappa shape index (κ1) is 14.9. The summed E-state index contributed by atoms with van der Waals surface area (Å²) in [7, 11) is 0. The number of hydrogen-bond donors (Lipinski definition) is 2. The van der Waals surface area contributed by atoms with Gasteiger partial charge in [-0.15, -0.1) is 5.10 Å². The van der Waals surface area contributed by atoms with Gasteiger partial charge in [0.15, 0.2) is 5.69 Å². The Labute approximate surface area is 118 Å². The molecule has 2 rings (SSSR count). The van der Waals surface area contributed by atoms with E-state index in [2.05, 4.69) is 34.0 Å². The highest BCUT2D eigenvalue weighted by molar-refractivity contribution is 5.91. The summed E-state index contributed by atoms with van der Waals surface area (Å²) in [4.78, 5) is 16.2. The van der Waals surface area contributed by atoms with Crippen LogP contribution in [0.2, 0.25) is 0 Å². The van der Waals surface area contributed by atoms with Crippen LogP contribution in [0.1, 0.15) is 24.3 Å². The number of rotatable bonds is 5. The number of carbonyl (C=O) groups excluding carboxylic acids is 1. The van der Waals surface area contributed by atoms with E-state index < -0.39 is 5.91 Å². The van der Waals surface area contributed by atoms with Crippen LogP contribution in [0, 0.1) is 0 Å². The lowest BCUT2D eigenvalue weighted by atomic mass is 10.2. The molecule has 1 aliphatic heterocycles. The van der Waals surface area contributed by atoms with Gasteiger partial charge in [-0.05, 0) is 13.5 Å². The molecule has 1 unspecified atom stereocenters. The third-order valence-electron chi connectivity index (χ3n) is 3.80. The zero-order chi connectivity index (χ0) is 14.5. The van der Waals surface area contributed by atoms with Gasteiger partial charge >= 0.3 is 0 Å². The maximum Gasteiger partial charge on any atom is 0.287 e. The lowest BCUT2D eigenvalue weighted by Crippen LogP contribution is -2.52. The van der Waals surface area contributed by atoms with Crippen LogP contribution in [-0.2, 0) is 6.54 Å². The van der Waals surface area contributed by atoms with E-state index in [0.29, 0.717) is 6.04 Å². The highest BCUT2D eigenvalue weighted by atomic mass is 16.2. The minimum Gasteiger partial charge on any atom is -0.299 e. The molecule has 1 aromatic heterocycles. The predicted octanol–water partition coefficient (Wildman–Crippen LogP) is -1.09. The Balaban J connectivity index is 1.81. The van der Waals surface area contributed by atoms with Gasteiger partial charge in [0, 0.05) is 32.2 Å². The molecular formula is C12H23N7O. The first-order chi connectivity index (χ1) is 9.63. The van der Waals surface area contributed by atoms with Crippen LogP contribution in [0.4, 0.5) is 0 Å². The van der Waals surface area contributed by atoms with Crippen molar-refractivity contribution in [2.45, 2.75) is 26.4 Å². The topological polar surface area (TPSA) is 92.3 Å². The standard InChI is InChI=1S/C12H23N7O/c1-3-18-6-4-17(8-10(18)2)5-7-19-9-11(15-16-19)12(20)14-13/h9-10H,3-8,13H2,1-2H3,(H,14,20). The van der Waals surface area contributed by atoms with Crippen LogP contribution in [-0.4, -0.2) is 69.5 Å². The first-order valence-electron chi connectivity index (χ1n) is 7.01. The number of carbonyl (C=O) groups is 1. The third kappa shape index (κ3) is 3.53. The van der Waals surface area contributed by atoms with Crippen molar-refractivity contribution in [3.05, 3.63) is 11.9 Å². The Kier molecular flexibility index (Phi) is 5.05. The number of nitrogens with one attached hydrogen (secondary N) is 1. The molecule has 0 radical (unpaired) electrons. The maximum absolute atomic E-state index is 11.3. The zero-order valence-electron chi connectivity index (χ0n) is 12.1. The van der Waals surface area contributed by atoms with E-state index in [4.69, 9.17) is 5.84 Å². The van der Waals surface area contributed by atoms with E-state index in [1.807, 2.05) is 5.43 Å². The maximum atomic E-state index is 11.3. The summed E-state index contributed by atoms with van der Waals surface area (Å²) < 4.78 is 1.68. The largest absolute Gasteiger partial charge is 0.299 e. The molecule has 0 spiro atoms. The molecule has 0 aliphatic carbocycles. The fourth-order valence-electron chi connectivity index (χ4n) is 2.57. The molecule has 0 aromatic carbocycles. The number of likely N-dealkylation sites (N-methyl/N-ethyl adjacent to an activating group) is 1. The molecule has 1 aliphatic rings. The average Bonchev–Trinajstić information content (AvgIpc) is 2.93. The fraction of sp³-hybridized carbons (Fsp3) is 0.750. The second-order valence-corrected chi connectivity index (χ2v) is 5.12. The molecule has 20 heavy (non-hydrogen) atoms. The second-order valence-electron chi connectivity index (χ2n) is 5.12. The van der Waals surface area contributed by atoms with Crippen molar-refractivity contribution in [2.24, 2.45) is 5.84 Å². The number of piperazine rings is 1. The molecule has 8 nitrogen and oxygen atoms in total. The normalized spacial score (nSPS) is 21.1. The molecule has 1 fully saturated rings. The van der Waals surface area contributed by atoms with Crippen molar-refractivity contribution >= 4 is 5.91 Å². The number of aromatic nitrogens is 3. The van der Waals surface area contributed by atoms with Gasteiger partial charge in [-0.3, -0.25) is 24.7 Å². The van der Waals surface area contributed by atoms with Crippen molar-refractivity contribution in [3.63, 3.8) is 0 Å². The highest BCUT2D eigenvalue weighted by Crippen LogP contribution is 2.08. The van der Waals surface area contributed by atoms with Gasteiger partial charge < -0.3 is 0 Å². The number of nitrogen functional groups attached to an aromatic ring is 1. The molecule has 1 saturated heterocycles. The van der Waals surface area contributed by atoms with E-state index in [1.165, 1.54) is 0 Å².